The highest BCUT2D eigenvalue weighted by atomic mass is 32.1. The third-order valence-electron chi connectivity index (χ3n) is 5.65. The second kappa shape index (κ2) is 8.97. The molecule has 0 spiro atoms. The molecule has 1 saturated heterocycles. The molecule has 0 atom stereocenters. The normalized spacial score (nSPS) is 14.5. The van der Waals surface area contributed by atoms with Crippen LogP contribution in [0.3, 0.4) is 0 Å². The summed E-state index contributed by atoms with van der Waals surface area (Å²) in [4.78, 5) is 15.0. The predicted octanol–water partition coefficient (Wildman–Crippen LogP) is 3.82. The minimum atomic E-state index is -0.0364. The second-order valence-corrected chi connectivity index (χ2v) is 8.57. The fourth-order valence-corrected chi connectivity index (χ4v) is 4.91. The molecule has 1 fully saturated rings. The van der Waals surface area contributed by atoms with E-state index in [1.54, 1.807) is 37.7 Å². The number of aryl methyl sites for hydroxylation is 2. The van der Waals surface area contributed by atoms with Crippen molar-refractivity contribution in [1.82, 2.24) is 14.8 Å². The first-order chi connectivity index (χ1) is 15.0. The van der Waals surface area contributed by atoms with Crippen molar-refractivity contribution in [2.24, 2.45) is 5.92 Å². The number of methoxy groups -OCH3 is 2. The Morgan fingerprint density at radius 1 is 1.00 bits per heavy atom. The van der Waals surface area contributed by atoms with Crippen molar-refractivity contribution in [3.63, 3.8) is 0 Å². The number of nitrogens with zero attached hydrogens (tertiary/aromatic N) is 4. The van der Waals surface area contributed by atoms with Gasteiger partial charge in [0.25, 0.3) is 0 Å². The van der Waals surface area contributed by atoms with Gasteiger partial charge >= 0.3 is 0 Å². The van der Waals surface area contributed by atoms with Crippen molar-refractivity contribution in [2.45, 2.75) is 26.7 Å². The van der Waals surface area contributed by atoms with Gasteiger partial charge in [0, 0.05) is 42.1 Å². The number of rotatable bonds is 6. The minimum absolute atomic E-state index is 0.0309. The van der Waals surface area contributed by atoms with Gasteiger partial charge in [-0.3, -0.25) is 9.36 Å². The third kappa shape index (κ3) is 4.36. The summed E-state index contributed by atoms with van der Waals surface area (Å²) in [6.07, 6.45) is 1.55. The minimum Gasteiger partial charge on any atom is -0.493 e. The Bertz CT molecular complexity index is 1050. The monoisotopic (exact) mass is 441 g/mol. The van der Waals surface area contributed by atoms with Crippen molar-refractivity contribution >= 4 is 28.1 Å². The van der Waals surface area contributed by atoms with Gasteiger partial charge < -0.3 is 19.7 Å². The molecule has 1 aliphatic heterocycles. The fraction of sp³-hybridized carbons (Fsp3) is 0.409. The average Bonchev–Trinajstić information content (AvgIpc) is 3.39. The summed E-state index contributed by atoms with van der Waals surface area (Å²) >= 11 is 1.59. The molecule has 164 valence electrons. The lowest BCUT2D eigenvalue weighted by atomic mass is 9.96. The molecule has 0 aliphatic carbocycles. The van der Waals surface area contributed by atoms with E-state index in [-0.39, 0.29) is 11.8 Å². The lowest BCUT2D eigenvalue weighted by molar-refractivity contribution is -0.120. The Labute approximate surface area is 185 Å². The van der Waals surface area contributed by atoms with E-state index >= 15 is 0 Å². The maximum atomic E-state index is 12.8. The zero-order chi connectivity index (χ0) is 22.0. The Hall–Kier alpha value is -3.07. The Kier molecular flexibility index (Phi) is 6.13. The van der Waals surface area contributed by atoms with E-state index in [1.807, 2.05) is 6.07 Å². The van der Waals surface area contributed by atoms with Crippen molar-refractivity contribution in [1.29, 1.82) is 0 Å². The molecular formula is C22H27N5O3S. The first kappa shape index (κ1) is 21.2. The van der Waals surface area contributed by atoms with Crippen LogP contribution >= 0.6 is 11.3 Å². The lowest BCUT2D eigenvalue weighted by Crippen LogP contribution is -2.38. The SMILES string of the molecule is COc1ccc(NC(=O)C2CCN(c3nnc(-n4c(C)ccc4C)s3)CC2)cc1OC. The highest BCUT2D eigenvalue weighted by Gasteiger charge is 2.27. The number of piperidine rings is 1. The number of amides is 1. The van der Waals surface area contributed by atoms with E-state index in [0.29, 0.717) is 17.2 Å². The van der Waals surface area contributed by atoms with E-state index in [9.17, 15) is 4.79 Å². The van der Waals surface area contributed by atoms with Crippen molar-refractivity contribution in [2.75, 3.05) is 37.5 Å². The maximum absolute atomic E-state index is 12.8. The smallest absolute Gasteiger partial charge is 0.227 e. The number of hydrogen-bond donors (Lipinski definition) is 1. The van der Waals surface area contributed by atoms with Gasteiger partial charge in [0.1, 0.15) is 0 Å². The lowest BCUT2D eigenvalue weighted by Gasteiger charge is -2.30. The van der Waals surface area contributed by atoms with Crippen molar-refractivity contribution in [3.8, 4) is 16.6 Å². The second-order valence-electron chi connectivity index (χ2n) is 7.64. The number of carbonyl (C=O) groups is 1. The van der Waals surface area contributed by atoms with Crippen LogP contribution in [0.25, 0.3) is 5.13 Å². The van der Waals surface area contributed by atoms with Crippen molar-refractivity contribution < 1.29 is 14.3 Å². The quantitative estimate of drug-likeness (QED) is 0.626. The summed E-state index contributed by atoms with van der Waals surface area (Å²) in [6.45, 7) is 5.69. The molecule has 4 rings (SSSR count). The molecular weight excluding hydrogens is 414 g/mol. The molecule has 0 unspecified atom stereocenters. The number of carbonyl (C=O) groups excluding carboxylic acids is 1. The van der Waals surface area contributed by atoms with Crippen LogP contribution in [0.1, 0.15) is 24.2 Å². The molecule has 0 bridgehead atoms. The molecule has 3 aromatic rings. The van der Waals surface area contributed by atoms with Crippen LogP contribution in [-0.4, -0.2) is 48.0 Å². The number of aromatic nitrogens is 3. The van der Waals surface area contributed by atoms with Gasteiger partial charge in [-0.25, -0.2) is 0 Å². The highest BCUT2D eigenvalue weighted by Crippen LogP contribution is 2.32. The van der Waals surface area contributed by atoms with Crippen LogP contribution in [0.15, 0.2) is 30.3 Å². The van der Waals surface area contributed by atoms with Gasteiger partial charge in [0.2, 0.25) is 16.2 Å². The van der Waals surface area contributed by atoms with Crippen molar-refractivity contribution in [3.05, 3.63) is 41.7 Å². The molecule has 1 aliphatic rings. The molecule has 2 aromatic heterocycles. The Balaban J connectivity index is 1.36. The molecule has 0 radical (unpaired) electrons. The summed E-state index contributed by atoms with van der Waals surface area (Å²) in [5.41, 5.74) is 2.99. The predicted molar refractivity (Wildman–Crippen MR) is 122 cm³/mol. The number of benzene rings is 1. The van der Waals surface area contributed by atoms with E-state index < -0.39 is 0 Å². The van der Waals surface area contributed by atoms with Crippen LogP contribution in [0, 0.1) is 19.8 Å². The van der Waals surface area contributed by atoms with Crippen LogP contribution in [0.5, 0.6) is 11.5 Å². The topological polar surface area (TPSA) is 81.5 Å². The van der Waals surface area contributed by atoms with E-state index in [0.717, 1.165) is 47.6 Å². The summed E-state index contributed by atoms with van der Waals surface area (Å²) in [5.74, 6) is 1.22. The first-order valence-electron chi connectivity index (χ1n) is 10.3. The zero-order valence-corrected chi connectivity index (χ0v) is 19.0. The molecule has 0 saturated carbocycles. The molecule has 1 N–H and O–H groups in total. The number of nitrogens with one attached hydrogen (secondary N) is 1. The van der Waals surface area contributed by atoms with Gasteiger partial charge in [-0.15, -0.1) is 10.2 Å². The third-order valence-corrected chi connectivity index (χ3v) is 6.62. The fourth-order valence-electron chi connectivity index (χ4n) is 3.89. The average molecular weight is 442 g/mol. The van der Waals surface area contributed by atoms with Gasteiger partial charge in [-0.2, -0.15) is 0 Å². The molecule has 1 aromatic carbocycles. The Morgan fingerprint density at radius 3 is 2.29 bits per heavy atom. The highest BCUT2D eigenvalue weighted by molar-refractivity contribution is 7.17. The number of hydrogen-bond acceptors (Lipinski definition) is 7. The first-order valence-corrected chi connectivity index (χ1v) is 11.1. The molecule has 3 heterocycles. The number of anilines is 2. The van der Waals surface area contributed by atoms with Crippen LogP contribution in [0.4, 0.5) is 10.8 Å². The largest absolute Gasteiger partial charge is 0.493 e. The van der Waals surface area contributed by atoms with Crippen LogP contribution in [0.2, 0.25) is 0 Å². The van der Waals surface area contributed by atoms with Crippen LogP contribution in [-0.2, 0) is 4.79 Å². The molecule has 9 heteroatoms. The Morgan fingerprint density at radius 2 is 1.65 bits per heavy atom. The summed E-state index contributed by atoms with van der Waals surface area (Å²) < 4.78 is 12.7. The summed E-state index contributed by atoms with van der Waals surface area (Å²) in [6, 6.07) is 9.55. The molecule has 8 nitrogen and oxygen atoms in total. The maximum Gasteiger partial charge on any atom is 0.227 e. The van der Waals surface area contributed by atoms with Gasteiger partial charge in [-0.1, -0.05) is 11.3 Å². The number of ether oxygens (including phenoxy) is 2. The van der Waals surface area contributed by atoms with Gasteiger partial charge in [-0.05, 0) is 51.0 Å². The van der Waals surface area contributed by atoms with Crippen LogP contribution < -0.4 is 19.7 Å². The van der Waals surface area contributed by atoms with Gasteiger partial charge in [0.15, 0.2) is 11.5 Å². The molecule has 1 amide bonds. The summed E-state index contributed by atoms with van der Waals surface area (Å²) in [5, 5.41) is 13.6. The molecule has 31 heavy (non-hydrogen) atoms. The van der Waals surface area contributed by atoms with E-state index in [2.05, 4.69) is 51.0 Å². The van der Waals surface area contributed by atoms with Gasteiger partial charge in [0.05, 0.1) is 14.2 Å². The zero-order valence-electron chi connectivity index (χ0n) is 18.2. The van der Waals surface area contributed by atoms with E-state index in [4.69, 9.17) is 9.47 Å². The standard InChI is InChI=1S/C22H27N5O3S/c1-14-5-6-15(2)27(14)22-25-24-21(31-22)26-11-9-16(10-12-26)20(28)23-17-7-8-18(29-3)19(13-17)30-4/h5-8,13,16H,9-12H2,1-4H3,(H,23,28). The van der Waals surface area contributed by atoms with E-state index in [1.165, 1.54) is 0 Å². The summed E-state index contributed by atoms with van der Waals surface area (Å²) in [7, 11) is 3.17.